The quantitative estimate of drug-likeness (QED) is 0.596. The van der Waals surface area contributed by atoms with Crippen molar-refractivity contribution in [3.63, 3.8) is 0 Å². The van der Waals surface area contributed by atoms with Gasteiger partial charge in [0.1, 0.15) is 11.5 Å². The number of rotatable bonds is 4. The number of nitrogens with zero attached hydrogens (tertiary/aromatic N) is 1. The smallest absolute Gasteiger partial charge is 0.236 e. The molecule has 0 fully saturated rings. The molecular formula is C18H17BrN2O3. The molecule has 0 saturated carbocycles. The monoisotopic (exact) mass is 388 g/mol. The largest absolute Gasteiger partial charge is 0.493 e. The summed E-state index contributed by atoms with van der Waals surface area (Å²) < 4.78 is 6.36. The Labute approximate surface area is 148 Å². The molecule has 1 atom stereocenters. The van der Waals surface area contributed by atoms with Crippen LogP contribution in [-0.2, 0) is 9.53 Å². The molecular weight excluding hydrogens is 372 g/mol. The molecule has 2 heterocycles. The molecule has 0 aromatic heterocycles. The Morgan fingerprint density at radius 2 is 2.25 bits per heavy atom. The van der Waals surface area contributed by atoms with Gasteiger partial charge in [-0.2, -0.15) is 0 Å². The summed E-state index contributed by atoms with van der Waals surface area (Å²) in [5.74, 6) is -0.0841. The van der Waals surface area contributed by atoms with Crippen molar-refractivity contribution in [2.45, 2.75) is 26.2 Å². The van der Waals surface area contributed by atoms with E-state index in [1.54, 1.807) is 19.1 Å². The second-order valence-electron chi connectivity index (χ2n) is 5.73. The van der Waals surface area contributed by atoms with Gasteiger partial charge in [-0.1, -0.05) is 28.1 Å². The van der Waals surface area contributed by atoms with Crippen molar-refractivity contribution in [1.82, 2.24) is 0 Å². The number of nitrogens with one attached hydrogen (secondary N) is 1. The molecule has 0 saturated heterocycles. The topological polar surface area (TPSA) is 67.8 Å². The maximum Gasteiger partial charge on any atom is 0.236 e. The third-order valence-electron chi connectivity index (χ3n) is 4.30. The van der Waals surface area contributed by atoms with Crippen LogP contribution in [0, 0.1) is 4.91 Å². The first kappa shape index (κ1) is 16.6. The molecule has 6 heteroatoms. The molecule has 1 N–H and O–H groups in total. The summed E-state index contributed by atoms with van der Waals surface area (Å²) >= 11 is 3.50. The van der Waals surface area contributed by atoms with E-state index in [0.29, 0.717) is 17.9 Å². The molecule has 2 aliphatic heterocycles. The summed E-state index contributed by atoms with van der Waals surface area (Å²) in [5, 5.41) is 6.03. The number of anilines is 1. The van der Waals surface area contributed by atoms with Gasteiger partial charge in [0.25, 0.3) is 0 Å². The highest BCUT2D eigenvalue weighted by Crippen LogP contribution is 2.44. The van der Waals surface area contributed by atoms with E-state index in [4.69, 9.17) is 4.74 Å². The number of nitroso groups, excluding NO2 is 1. The van der Waals surface area contributed by atoms with Gasteiger partial charge in [-0.15, -0.1) is 4.91 Å². The van der Waals surface area contributed by atoms with Gasteiger partial charge in [0, 0.05) is 28.2 Å². The minimum atomic E-state index is -0.577. The lowest BCUT2D eigenvalue weighted by atomic mass is 9.89. The molecule has 0 radical (unpaired) electrons. The SMILES string of the molecule is C/C=C(\C(=C/C1=C(C)CCO1)N=O)C1C(=O)Nc2cccc(Br)c21. The lowest BCUT2D eigenvalue weighted by Crippen LogP contribution is -2.15. The van der Waals surface area contributed by atoms with Gasteiger partial charge in [-0.3, -0.25) is 4.79 Å². The van der Waals surface area contributed by atoms with E-state index < -0.39 is 5.92 Å². The van der Waals surface area contributed by atoms with Gasteiger partial charge >= 0.3 is 0 Å². The summed E-state index contributed by atoms with van der Waals surface area (Å²) in [7, 11) is 0. The summed E-state index contributed by atoms with van der Waals surface area (Å²) in [5.41, 5.74) is 3.44. The third-order valence-corrected chi connectivity index (χ3v) is 4.99. The summed E-state index contributed by atoms with van der Waals surface area (Å²) in [4.78, 5) is 24.0. The number of ether oxygens (including phenoxy) is 1. The van der Waals surface area contributed by atoms with Crippen LogP contribution >= 0.6 is 15.9 Å². The Hall–Kier alpha value is -2.21. The number of benzene rings is 1. The van der Waals surface area contributed by atoms with Crippen molar-refractivity contribution in [2.75, 3.05) is 11.9 Å². The predicted octanol–water partition coefficient (Wildman–Crippen LogP) is 4.78. The Bertz CT molecular complexity index is 808. The number of allylic oxidation sites excluding steroid dienone is 3. The van der Waals surface area contributed by atoms with E-state index in [-0.39, 0.29) is 11.6 Å². The number of carbonyl (C=O) groups is 1. The lowest BCUT2D eigenvalue weighted by Gasteiger charge is -2.14. The maximum absolute atomic E-state index is 12.5. The highest BCUT2D eigenvalue weighted by Gasteiger charge is 2.36. The third kappa shape index (κ3) is 2.82. The number of amides is 1. The molecule has 0 bridgehead atoms. The molecule has 5 nitrogen and oxygen atoms in total. The van der Waals surface area contributed by atoms with Gasteiger partial charge in [-0.25, -0.2) is 0 Å². The first-order chi connectivity index (χ1) is 11.6. The van der Waals surface area contributed by atoms with Gasteiger partial charge in [0.15, 0.2) is 0 Å². The summed E-state index contributed by atoms with van der Waals surface area (Å²) in [6, 6.07) is 5.58. The molecule has 124 valence electrons. The maximum atomic E-state index is 12.5. The van der Waals surface area contributed by atoms with Crippen LogP contribution in [0.25, 0.3) is 0 Å². The van der Waals surface area contributed by atoms with Crippen molar-refractivity contribution in [1.29, 1.82) is 0 Å². The minimum absolute atomic E-state index is 0.169. The molecule has 0 spiro atoms. The Morgan fingerprint density at radius 1 is 1.46 bits per heavy atom. The van der Waals surface area contributed by atoms with Crippen molar-refractivity contribution >= 4 is 27.5 Å². The average Bonchev–Trinajstić information content (AvgIpc) is 3.11. The van der Waals surface area contributed by atoms with Gasteiger partial charge in [0.05, 0.1) is 12.5 Å². The van der Waals surface area contributed by atoms with Crippen LogP contribution in [0.4, 0.5) is 5.69 Å². The molecule has 1 aromatic rings. The van der Waals surface area contributed by atoms with Crippen LogP contribution in [0.15, 0.2) is 62.6 Å². The van der Waals surface area contributed by atoms with Gasteiger partial charge < -0.3 is 10.1 Å². The van der Waals surface area contributed by atoms with Gasteiger partial charge in [0.2, 0.25) is 5.91 Å². The van der Waals surface area contributed by atoms with E-state index >= 15 is 0 Å². The van der Waals surface area contributed by atoms with E-state index in [0.717, 1.165) is 27.7 Å². The fourth-order valence-corrected chi connectivity index (χ4v) is 3.64. The second kappa shape index (κ2) is 6.73. The molecule has 2 aliphatic rings. The fourth-order valence-electron chi connectivity index (χ4n) is 3.05. The van der Waals surface area contributed by atoms with Crippen LogP contribution in [0.2, 0.25) is 0 Å². The molecule has 3 rings (SSSR count). The van der Waals surface area contributed by atoms with Crippen LogP contribution in [0.1, 0.15) is 31.7 Å². The van der Waals surface area contributed by atoms with E-state index in [9.17, 15) is 9.70 Å². The number of hydrogen-bond donors (Lipinski definition) is 1. The zero-order valence-corrected chi connectivity index (χ0v) is 15.0. The van der Waals surface area contributed by atoms with E-state index in [2.05, 4.69) is 26.4 Å². The normalized spacial score (nSPS) is 20.8. The second-order valence-corrected chi connectivity index (χ2v) is 6.59. The highest BCUT2D eigenvalue weighted by molar-refractivity contribution is 9.10. The minimum Gasteiger partial charge on any atom is -0.493 e. The first-order valence-corrected chi connectivity index (χ1v) is 8.49. The summed E-state index contributed by atoms with van der Waals surface area (Å²) in [6.45, 7) is 4.37. The molecule has 24 heavy (non-hydrogen) atoms. The number of halogens is 1. The zero-order chi connectivity index (χ0) is 17.3. The van der Waals surface area contributed by atoms with Crippen LogP contribution in [-0.4, -0.2) is 12.5 Å². The van der Waals surface area contributed by atoms with Crippen molar-refractivity contribution in [3.05, 3.63) is 67.9 Å². The number of hydrogen-bond acceptors (Lipinski definition) is 4. The van der Waals surface area contributed by atoms with Crippen molar-refractivity contribution in [3.8, 4) is 0 Å². The van der Waals surface area contributed by atoms with Crippen LogP contribution in [0.5, 0.6) is 0 Å². The standard InChI is InChI=1S/C18H17BrN2O3/c1-3-11(14(21-23)9-15-10(2)7-8-24-15)16-17-12(19)5-4-6-13(17)20-18(16)22/h3-6,9,16H,7-8H2,1-2H3,(H,20,22)/b11-3+,14-9+. The molecule has 1 amide bonds. The van der Waals surface area contributed by atoms with Crippen LogP contribution < -0.4 is 5.32 Å². The first-order valence-electron chi connectivity index (χ1n) is 7.70. The predicted molar refractivity (Wildman–Crippen MR) is 96.4 cm³/mol. The Balaban J connectivity index is 2.07. The van der Waals surface area contributed by atoms with Gasteiger partial charge in [-0.05, 0) is 42.3 Å². The average molecular weight is 389 g/mol. The molecule has 0 aliphatic carbocycles. The Kier molecular flexibility index (Phi) is 4.66. The number of carbonyl (C=O) groups excluding carboxylic acids is 1. The molecule has 1 aromatic carbocycles. The van der Waals surface area contributed by atoms with Crippen molar-refractivity contribution in [2.24, 2.45) is 5.18 Å². The number of fused-ring (bicyclic) bond motifs is 1. The van der Waals surface area contributed by atoms with E-state index in [1.165, 1.54) is 0 Å². The van der Waals surface area contributed by atoms with Crippen molar-refractivity contribution < 1.29 is 9.53 Å². The lowest BCUT2D eigenvalue weighted by molar-refractivity contribution is -0.116. The van der Waals surface area contributed by atoms with E-state index in [1.807, 2.05) is 25.1 Å². The molecule has 1 unspecified atom stereocenters. The highest BCUT2D eigenvalue weighted by atomic mass is 79.9. The fraction of sp³-hybridized carbons (Fsp3) is 0.278. The Morgan fingerprint density at radius 3 is 2.88 bits per heavy atom. The zero-order valence-electron chi connectivity index (χ0n) is 13.4. The van der Waals surface area contributed by atoms with Crippen LogP contribution in [0.3, 0.4) is 0 Å². The summed E-state index contributed by atoms with van der Waals surface area (Å²) in [6.07, 6.45) is 4.23.